The third kappa shape index (κ3) is 3.06. The van der Waals surface area contributed by atoms with E-state index in [9.17, 15) is 9.18 Å². The van der Waals surface area contributed by atoms with Crippen LogP contribution in [0.2, 0.25) is 0 Å². The van der Waals surface area contributed by atoms with Crippen LogP contribution in [0.25, 0.3) is 16.8 Å². The van der Waals surface area contributed by atoms with Gasteiger partial charge in [0.2, 0.25) is 5.88 Å². The van der Waals surface area contributed by atoms with Crippen LogP contribution in [0.3, 0.4) is 0 Å². The normalized spacial score (nSPS) is 13.6. The van der Waals surface area contributed by atoms with Crippen LogP contribution in [0.4, 0.5) is 10.1 Å². The van der Waals surface area contributed by atoms with E-state index in [2.05, 4.69) is 5.10 Å². The largest absolute Gasteiger partial charge is 0.407 e. The van der Waals surface area contributed by atoms with E-state index in [-0.39, 0.29) is 5.82 Å². The fourth-order valence-corrected chi connectivity index (χ4v) is 3.00. The number of nitrogen functional groups attached to an aromatic ring is 1. The van der Waals surface area contributed by atoms with Crippen LogP contribution in [-0.2, 0) is 4.79 Å². The lowest BCUT2D eigenvalue weighted by atomic mass is 10.0. The molecule has 0 aliphatic heterocycles. The Hall–Kier alpha value is -3.15. The topological polar surface area (TPSA) is 70.1 Å². The third-order valence-electron chi connectivity index (χ3n) is 4.33. The number of ether oxygens (including phenoxy) is 1. The van der Waals surface area contributed by atoms with Gasteiger partial charge in [-0.1, -0.05) is 18.2 Å². The summed E-state index contributed by atoms with van der Waals surface area (Å²) in [7, 11) is 0. The lowest BCUT2D eigenvalue weighted by molar-refractivity contribution is -0.132. The van der Waals surface area contributed by atoms with E-state index < -0.39 is 5.97 Å². The summed E-state index contributed by atoms with van der Waals surface area (Å²) in [5, 5.41) is 4.68. The number of nitrogens with two attached hydrogens (primary N) is 1. The molecular formula is C20H18FN3O2. The van der Waals surface area contributed by atoms with Crippen LogP contribution >= 0.6 is 0 Å². The van der Waals surface area contributed by atoms with Gasteiger partial charge in [0, 0.05) is 18.5 Å². The van der Waals surface area contributed by atoms with Crippen molar-refractivity contribution in [2.24, 2.45) is 0 Å². The molecule has 1 heterocycles. The molecule has 2 N–H and O–H groups in total. The molecule has 0 atom stereocenters. The molecular weight excluding hydrogens is 333 g/mol. The number of hydrogen-bond acceptors (Lipinski definition) is 4. The van der Waals surface area contributed by atoms with E-state index in [4.69, 9.17) is 10.5 Å². The highest BCUT2D eigenvalue weighted by molar-refractivity contribution is 5.79. The van der Waals surface area contributed by atoms with Gasteiger partial charge < -0.3 is 10.5 Å². The lowest BCUT2D eigenvalue weighted by Crippen LogP contribution is -2.08. The molecule has 1 saturated carbocycles. The fraction of sp³-hybridized carbons (Fsp3) is 0.200. The quantitative estimate of drug-likeness (QED) is 0.568. The van der Waals surface area contributed by atoms with E-state index in [0.29, 0.717) is 23.2 Å². The highest BCUT2D eigenvalue weighted by Crippen LogP contribution is 2.47. The number of rotatable bonds is 4. The number of aromatic nitrogens is 2. The van der Waals surface area contributed by atoms with Crippen LogP contribution in [-0.4, -0.2) is 15.7 Å². The van der Waals surface area contributed by atoms with E-state index in [1.807, 2.05) is 12.1 Å². The number of hydrogen-bond donors (Lipinski definition) is 1. The Morgan fingerprint density at radius 3 is 2.58 bits per heavy atom. The SMILES string of the molecule is CC(=O)Oc1c(-c2ccc(N)cc2)c(C2CC2)nn1-c1cccc(F)c1. The minimum Gasteiger partial charge on any atom is -0.407 e. The summed E-state index contributed by atoms with van der Waals surface area (Å²) in [4.78, 5) is 11.7. The van der Waals surface area contributed by atoms with Gasteiger partial charge in [-0.25, -0.2) is 4.39 Å². The van der Waals surface area contributed by atoms with Crippen LogP contribution in [0.1, 0.15) is 31.4 Å². The average Bonchev–Trinajstić information content (AvgIpc) is 3.38. The van der Waals surface area contributed by atoms with Crippen LogP contribution < -0.4 is 10.5 Å². The predicted molar refractivity (Wildman–Crippen MR) is 96.7 cm³/mol. The highest BCUT2D eigenvalue weighted by Gasteiger charge is 2.34. The van der Waals surface area contributed by atoms with Gasteiger partial charge in [0.15, 0.2) is 0 Å². The molecule has 0 radical (unpaired) electrons. The number of carbonyl (C=O) groups is 1. The molecule has 3 aromatic rings. The first-order valence-corrected chi connectivity index (χ1v) is 8.46. The molecule has 1 fully saturated rings. The van der Waals surface area contributed by atoms with Gasteiger partial charge in [0.1, 0.15) is 5.82 Å². The zero-order valence-electron chi connectivity index (χ0n) is 14.3. The Morgan fingerprint density at radius 1 is 1.23 bits per heavy atom. The van der Waals surface area contributed by atoms with E-state index in [0.717, 1.165) is 29.7 Å². The third-order valence-corrected chi connectivity index (χ3v) is 4.33. The van der Waals surface area contributed by atoms with Gasteiger partial charge in [0.05, 0.1) is 16.9 Å². The molecule has 6 heteroatoms. The molecule has 0 bridgehead atoms. The van der Waals surface area contributed by atoms with Crippen molar-refractivity contribution in [1.29, 1.82) is 0 Å². The summed E-state index contributed by atoms with van der Waals surface area (Å²) >= 11 is 0. The molecule has 1 aliphatic rings. The summed E-state index contributed by atoms with van der Waals surface area (Å²) < 4.78 is 20.8. The molecule has 1 aliphatic carbocycles. The molecule has 2 aromatic carbocycles. The molecule has 0 spiro atoms. The van der Waals surface area contributed by atoms with Crippen molar-refractivity contribution in [2.45, 2.75) is 25.7 Å². The Bertz CT molecular complexity index is 975. The smallest absolute Gasteiger partial charge is 0.309 e. The van der Waals surface area contributed by atoms with Crippen LogP contribution in [0, 0.1) is 5.82 Å². The lowest BCUT2D eigenvalue weighted by Gasteiger charge is -2.09. The fourth-order valence-electron chi connectivity index (χ4n) is 3.00. The maximum absolute atomic E-state index is 13.7. The maximum atomic E-state index is 13.7. The Kier molecular flexibility index (Phi) is 3.95. The molecule has 1 aromatic heterocycles. The Labute approximate surface area is 150 Å². The molecule has 0 saturated heterocycles. The average molecular weight is 351 g/mol. The second kappa shape index (κ2) is 6.29. The first kappa shape index (κ1) is 16.3. The van der Waals surface area contributed by atoms with Crippen molar-refractivity contribution in [3.63, 3.8) is 0 Å². The molecule has 26 heavy (non-hydrogen) atoms. The van der Waals surface area contributed by atoms with Gasteiger partial charge in [-0.05, 0) is 48.7 Å². The number of esters is 1. The Balaban J connectivity index is 1.96. The minimum atomic E-state index is -0.457. The first-order valence-electron chi connectivity index (χ1n) is 8.46. The Morgan fingerprint density at radius 2 is 1.96 bits per heavy atom. The monoisotopic (exact) mass is 351 g/mol. The summed E-state index contributed by atoms with van der Waals surface area (Å²) in [6.07, 6.45) is 2.06. The van der Waals surface area contributed by atoms with Gasteiger partial charge in [-0.3, -0.25) is 4.79 Å². The van der Waals surface area contributed by atoms with Crippen molar-refractivity contribution in [3.05, 3.63) is 60.0 Å². The van der Waals surface area contributed by atoms with Crippen molar-refractivity contribution in [3.8, 4) is 22.7 Å². The predicted octanol–water partition coefficient (Wildman–Crippen LogP) is 4.06. The molecule has 5 nitrogen and oxygen atoms in total. The van der Waals surface area contributed by atoms with Gasteiger partial charge >= 0.3 is 5.97 Å². The second-order valence-corrected chi connectivity index (χ2v) is 6.45. The molecule has 0 amide bonds. The van der Waals surface area contributed by atoms with E-state index in [1.54, 1.807) is 24.3 Å². The maximum Gasteiger partial charge on any atom is 0.309 e. The van der Waals surface area contributed by atoms with Crippen molar-refractivity contribution < 1.29 is 13.9 Å². The second-order valence-electron chi connectivity index (χ2n) is 6.45. The first-order chi connectivity index (χ1) is 12.5. The van der Waals surface area contributed by atoms with Gasteiger partial charge in [-0.2, -0.15) is 9.78 Å². The number of benzene rings is 2. The van der Waals surface area contributed by atoms with Crippen LogP contribution in [0.5, 0.6) is 5.88 Å². The zero-order chi connectivity index (χ0) is 18.3. The highest BCUT2D eigenvalue weighted by atomic mass is 19.1. The number of halogens is 1. The zero-order valence-corrected chi connectivity index (χ0v) is 14.3. The summed E-state index contributed by atoms with van der Waals surface area (Å²) in [6, 6.07) is 13.4. The summed E-state index contributed by atoms with van der Waals surface area (Å²) in [5.74, 6) is -0.225. The number of nitrogens with zero attached hydrogens (tertiary/aromatic N) is 2. The summed E-state index contributed by atoms with van der Waals surface area (Å²) in [5.41, 5.74) is 9.42. The number of anilines is 1. The standard InChI is InChI=1S/C20H18FN3O2/c1-12(25)26-20-18(13-7-9-16(22)10-8-13)19(14-5-6-14)23-24(20)17-4-2-3-15(21)11-17/h2-4,7-11,14H,5-6,22H2,1H3. The van der Waals surface area contributed by atoms with Crippen molar-refractivity contribution in [2.75, 3.05) is 5.73 Å². The van der Waals surface area contributed by atoms with Gasteiger partial charge in [-0.15, -0.1) is 0 Å². The van der Waals surface area contributed by atoms with Crippen molar-refractivity contribution >= 4 is 11.7 Å². The van der Waals surface area contributed by atoms with Gasteiger partial charge in [0.25, 0.3) is 0 Å². The minimum absolute atomic E-state index is 0.301. The van der Waals surface area contributed by atoms with Crippen molar-refractivity contribution in [1.82, 2.24) is 9.78 Å². The molecule has 132 valence electrons. The van der Waals surface area contributed by atoms with E-state index in [1.165, 1.54) is 23.7 Å². The summed E-state index contributed by atoms with van der Waals surface area (Å²) in [6.45, 7) is 1.34. The van der Waals surface area contributed by atoms with E-state index >= 15 is 0 Å². The molecule has 0 unspecified atom stereocenters. The van der Waals surface area contributed by atoms with Crippen LogP contribution in [0.15, 0.2) is 48.5 Å². The molecule has 4 rings (SSSR count). The number of carbonyl (C=O) groups excluding carboxylic acids is 1.